The van der Waals surface area contributed by atoms with Crippen molar-refractivity contribution in [3.8, 4) is 0 Å². The molecule has 0 bridgehead atoms. The van der Waals surface area contributed by atoms with Gasteiger partial charge in [0, 0.05) is 7.11 Å². The number of hydrogen-bond donors (Lipinski definition) is 0. The Hall–Kier alpha value is -0.393. The molecule has 1 aliphatic heterocycles. The van der Waals surface area contributed by atoms with Crippen LogP contribution in [0.5, 0.6) is 0 Å². The number of hydrogen-bond acceptors (Lipinski definition) is 4. The molecule has 15 heavy (non-hydrogen) atoms. The molecule has 1 fully saturated rings. The van der Waals surface area contributed by atoms with E-state index in [9.17, 15) is 4.79 Å². The molecule has 0 N–H and O–H groups in total. The summed E-state index contributed by atoms with van der Waals surface area (Å²) in [5.74, 6) is -0.152. The van der Waals surface area contributed by atoms with Crippen molar-refractivity contribution in [2.45, 2.75) is 38.5 Å². The standard InChI is InChI=1S/C10H19NO3Si/c1-4-14-10(12)9(8(2)13-3)11-6-5-7-15-11/h8-9H,4-7H2,1-3H3. The van der Waals surface area contributed by atoms with E-state index in [0.29, 0.717) is 6.61 Å². The van der Waals surface area contributed by atoms with Crippen molar-refractivity contribution in [3.05, 3.63) is 0 Å². The Bertz CT molecular complexity index is 207. The molecule has 4 nitrogen and oxygen atoms in total. The highest BCUT2D eigenvalue weighted by atomic mass is 28.2. The van der Waals surface area contributed by atoms with E-state index in [1.54, 1.807) is 7.11 Å². The lowest BCUT2D eigenvalue weighted by Gasteiger charge is -2.29. The van der Waals surface area contributed by atoms with Crippen LogP contribution in [-0.4, -0.2) is 52.6 Å². The second-order valence-electron chi connectivity index (χ2n) is 3.59. The van der Waals surface area contributed by atoms with Crippen molar-refractivity contribution in [3.63, 3.8) is 0 Å². The Morgan fingerprint density at radius 1 is 1.60 bits per heavy atom. The summed E-state index contributed by atoms with van der Waals surface area (Å²) in [4.78, 5) is 11.8. The van der Waals surface area contributed by atoms with Gasteiger partial charge in [-0.25, -0.2) is 0 Å². The first-order chi connectivity index (χ1) is 7.20. The monoisotopic (exact) mass is 229 g/mol. The maximum Gasteiger partial charge on any atom is 0.325 e. The second-order valence-corrected chi connectivity index (χ2v) is 4.98. The molecule has 1 aliphatic rings. The van der Waals surface area contributed by atoms with Crippen molar-refractivity contribution in [1.82, 2.24) is 4.57 Å². The number of nitrogens with zero attached hydrogens (tertiary/aromatic N) is 1. The zero-order chi connectivity index (χ0) is 11.3. The number of esters is 1. The Balaban J connectivity index is 2.63. The first kappa shape index (κ1) is 12.7. The summed E-state index contributed by atoms with van der Waals surface area (Å²) in [7, 11) is 2.36. The average molecular weight is 229 g/mol. The maximum absolute atomic E-state index is 11.8. The first-order valence-corrected chi connectivity index (χ1v) is 6.55. The van der Waals surface area contributed by atoms with Crippen molar-refractivity contribution in [1.29, 1.82) is 0 Å². The van der Waals surface area contributed by atoms with Gasteiger partial charge in [0.15, 0.2) is 0 Å². The van der Waals surface area contributed by atoms with E-state index in [1.165, 1.54) is 12.5 Å². The van der Waals surface area contributed by atoms with Crippen LogP contribution in [0, 0.1) is 0 Å². The molecule has 2 atom stereocenters. The molecule has 0 aromatic carbocycles. The van der Waals surface area contributed by atoms with Crippen molar-refractivity contribution >= 4 is 15.7 Å². The Morgan fingerprint density at radius 2 is 2.33 bits per heavy atom. The number of carbonyl (C=O) groups is 1. The van der Waals surface area contributed by atoms with E-state index in [0.717, 1.165) is 16.2 Å². The predicted molar refractivity (Wildman–Crippen MR) is 58.8 cm³/mol. The molecule has 0 amide bonds. The third kappa shape index (κ3) is 3.29. The van der Waals surface area contributed by atoms with Crippen LogP contribution in [0.1, 0.15) is 20.3 Å². The van der Waals surface area contributed by atoms with Crippen LogP contribution in [0.25, 0.3) is 0 Å². The fourth-order valence-corrected chi connectivity index (χ4v) is 3.15. The third-order valence-electron chi connectivity index (χ3n) is 2.57. The minimum atomic E-state index is -0.226. The molecular weight excluding hydrogens is 210 g/mol. The number of ether oxygens (including phenoxy) is 2. The molecule has 2 unspecified atom stereocenters. The van der Waals surface area contributed by atoms with E-state index in [-0.39, 0.29) is 18.1 Å². The largest absolute Gasteiger partial charge is 0.465 e. The zero-order valence-corrected chi connectivity index (χ0v) is 10.7. The molecule has 2 radical (unpaired) electrons. The SMILES string of the molecule is CCOC(=O)C(C(C)OC)N1CCC[Si]1. The summed E-state index contributed by atoms with van der Waals surface area (Å²) in [6.07, 6.45) is 1.07. The van der Waals surface area contributed by atoms with Gasteiger partial charge in [0.2, 0.25) is 0 Å². The summed E-state index contributed by atoms with van der Waals surface area (Å²) in [6.45, 7) is 5.17. The Morgan fingerprint density at radius 3 is 2.80 bits per heavy atom. The number of rotatable bonds is 5. The molecule has 0 saturated carbocycles. The highest BCUT2D eigenvalue weighted by Crippen LogP contribution is 2.16. The van der Waals surface area contributed by atoms with Gasteiger partial charge in [-0.15, -0.1) is 0 Å². The van der Waals surface area contributed by atoms with Gasteiger partial charge < -0.3 is 14.0 Å². The number of methoxy groups -OCH3 is 1. The van der Waals surface area contributed by atoms with E-state index >= 15 is 0 Å². The summed E-state index contributed by atoms with van der Waals surface area (Å²) in [5, 5.41) is 0. The number of carbonyl (C=O) groups excluding carboxylic acids is 1. The molecule has 86 valence electrons. The zero-order valence-electron chi connectivity index (χ0n) is 9.66. The van der Waals surface area contributed by atoms with E-state index in [4.69, 9.17) is 9.47 Å². The Kier molecular flexibility index (Phi) is 5.28. The van der Waals surface area contributed by atoms with Gasteiger partial charge in [0.1, 0.15) is 15.7 Å². The molecule has 0 aliphatic carbocycles. The van der Waals surface area contributed by atoms with E-state index in [1.807, 2.05) is 13.8 Å². The normalized spacial score (nSPS) is 21.3. The summed E-state index contributed by atoms with van der Waals surface area (Å²) < 4.78 is 12.5. The van der Waals surface area contributed by atoms with Gasteiger partial charge in [-0.2, -0.15) is 0 Å². The minimum absolute atomic E-state index is 0.102. The lowest BCUT2D eigenvalue weighted by atomic mass is 10.2. The van der Waals surface area contributed by atoms with Crippen molar-refractivity contribution < 1.29 is 14.3 Å². The smallest absolute Gasteiger partial charge is 0.325 e. The van der Waals surface area contributed by atoms with Gasteiger partial charge >= 0.3 is 5.97 Å². The molecule has 1 saturated heterocycles. The van der Waals surface area contributed by atoms with Crippen LogP contribution in [0.3, 0.4) is 0 Å². The highest BCUT2D eigenvalue weighted by molar-refractivity contribution is 6.33. The van der Waals surface area contributed by atoms with Crippen molar-refractivity contribution in [2.75, 3.05) is 20.3 Å². The topological polar surface area (TPSA) is 38.8 Å². The van der Waals surface area contributed by atoms with Crippen molar-refractivity contribution in [2.24, 2.45) is 0 Å². The maximum atomic E-state index is 11.8. The fourth-order valence-electron chi connectivity index (χ4n) is 1.72. The van der Waals surface area contributed by atoms with Gasteiger partial charge in [-0.1, -0.05) is 0 Å². The molecule has 1 rings (SSSR count). The predicted octanol–water partition coefficient (Wildman–Crippen LogP) is 0.696. The van der Waals surface area contributed by atoms with Crippen LogP contribution in [0.15, 0.2) is 0 Å². The van der Waals surface area contributed by atoms with Crippen LogP contribution >= 0.6 is 0 Å². The minimum Gasteiger partial charge on any atom is -0.465 e. The lowest BCUT2D eigenvalue weighted by molar-refractivity contribution is -0.152. The molecular formula is C10H19NO3Si. The average Bonchev–Trinajstić information content (AvgIpc) is 2.71. The first-order valence-electron chi connectivity index (χ1n) is 5.40. The van der Waals surface area contributed by atoms with Crippen LogP contribution in [0.4, 0.5) is 0 Å². The second kappa shape index (κ2) is 6.25. The summed E-state index contributed by atoms with van der Waals surface area (Å²) >= 11 is 0. The highest BCUT2D eigenvalue weighted by Gasteiger charge is 2.34. The molecule has 0 aromatic heterocycles. The lowest BCUT2D eigenvalue weighted by Crippen LogP contribution is -2.49. The van der Waals surface area contributed by atoms with Crippen LogP contribution in [0.2, 0.25) is 6.04 Å². The van der Waals surface area contributed by atoms with Gasteiger partial charge in [-0.3, -0.25) is 4.79 Å². The molecule has 0 aromatic rings. The van der Waals surface area contributed by atoms with Crippen LogP contribution in [-0.2, 0) is 14.3 Å². The molecule has 1 heterocycles. The quantitative estimate of drug-likeness (QED) is 0.514. The molecule has 0 spiro atoms. The van der Waals surface area contributed by atoms with Gasteiger partial charge in [0.05, 0.1) is 12.7 Å². The summed E-state index contributed by atoms with van der Waals surface area (Å²) in [5.41, 5.74) is 0. The van der Waals surface area contributed by atoms with Gasteiger partial charge in [-0.05, 0) is 32.9 Å². The van der Waals surface area contributed by atoms with E-state index < -0.39 is 0 Å². The summed E-state index contributed by atoms with van der Waals surface area (Å²) in [6, 6.07) is 0.961. The third-order valence-corrected chi connectivity index (χ3v) is 4.06. The fraction of sp³-hybridized carbons (Fsp3) is 0.900. The van der Waals surface area contributed by atoms with Crippen LogP contribution < -0.4 is 0 Å². The van der Waals surface area contributed by atoms with Gasteiger partial charge in [0.25, 0.3) is 0 Å². The molecule has 5 heteroatoms. The van der Waals surface area contributed by atoms with E-state index in [2.05, 4.69) is 4.57 Å². The Labute approximate surface area is 93.8 Å².